The summed E-state index contributed by atoms with van der Waals surface area (Å²) in [6, 6.07) is 48.8. The number of hydrogen-bond donors (Lipinski definition) is 11. The van der Waals surface area contributed by atoms with Crippen LogP contribution in [0.15, 0.2) is 240 Å². The average molecular weight is 2180 g/mol. The molecule has 10 aliphatic heterocycles. The largest absolute Gasteiger partial charge is 0.506 e. The van der Waals surface area contributed by atoms with Crippen molar-refractivity contribution in [2.45, 2.75) is 39.1 Å². The monoisotopic (exact) mass is 2170 g/mol. The number of hydrogen-bond acceptors (Lipinski definition) is 35. The molecule has 25 rings (SSSR count). The number of phenols is 1. The minimum atomic E-state index is -0.0420. The highest BCUT2D eigenvalue weighted by Crippen LogP contribution is 2.52. The number of aromatic hydroxyl groups is 6. The van der Waals surface area contributed by atoms with E-state index in [4.69, 9.17) is 64.2 Å². The van der Waals surface area contributed by atoms with Gasteiger partial charge in [-0.3, -0.25) is 24.5 Å². The summed E-state index contributed by atoms with van der Waals surface area (Å²) in [5.74, 6) is 5.02. The van der Waals surface area contributed by atoms with E-state index in [1.807, 2.05) is 140 Å². The Balaban J connectivity index is 0.000000109. The van der Waals surface area contributed by atoms with E-state index in [1.54, 1.807) is 71.0 Å². The van der Waals surface area contributed by atoms with Crippen LogP contribution in [0.1, 0.15) is 97.4 Å². The summed E-state index contributed by atoms with van der Waals surface area (Å²) in [6.45, 7) is 23.4. The smallest absolute Gasteiger partial charge is 0.172 e. The first-order valence-corrected chi connectivity index (χ1v) is 51.4. The quantitative estimate of drug-likeness (QED) is 0.0358. The fraction of sp³-hybridized carbons (Fsp3) is 0.273. The van der Waals surface area contributed by atoms with Crippen molar-refractivity contribution in [1.82, 2.24) is 51.1 Å². The summed E-state index contributed by atoms with van der Waals surface area (Å²) in [5.41, 5.74) is 18.8. The van der Waals surface area contributed by atoms with Gasteiger partial charge >= 0.3 is 0 Å². The molecule has 5 aromatic heterocycles. The van der Waals surface area contributed by atoms with E-state index in [9.17, 15) is 30.6 Å². The Morgan fingerprint density at radius 3 is 0.966 bits per heavy atom. The highest BCUT2D eigenvalue weighted by atomic mass is 79.9. The number of azo groups is 5. The molecule has 11 N–H and O–H groups in total. The van der Waals surface area contributed by atoms with Gasteiger partial charge in [-0.1, -0.05) is 91.5 Å². The first kappa shape index (κ1) is 101. The van der Waals surface area contributed by atoms with Gasteiger partial charge in [0.1, 0.15) is 56.7 Å². The van der Waals surface area contributed by atoms with Crippen molar-refractivity contribution < 1.29 is 71.7 Å². The Morgan fingerprint density at radius 2 is 0.604 bits per heavy atom. The predicted octanol–water partition coefficient (Wildman–Crippen LogP) is 23.8. The molecule has 35 nitrogen and oxygen atoms in total. The molecule has 5 fully saturated rings. The Labute approximate surface area is 882 Å². The summed E-state index contributed by atoms with van der Waals surface area (Å²) in [7, 11) is 6.62. The molecule has 0 saturated carbocycles. The van der Waals surface area contributed by atoms with Crippen molar-refractivity contribution in [3.05, 3.63) is 261 Å². The van der Waals surface area contributed by atoms with Crippen LogP contribution in [0.3, 0.4) is 0 Å². The minimum absolute atomic E-state index is 0.0227. The van der Waals surface area contributed by atoms with Gasteiger partial charge in [0.25, 0.3) is 0 Å². The molecule has 0 amide bonds. The second kappa shape index (κ2) is 44.6. The molecule has 149 heavy (non-hydrogen) atoms. The topological polar surface area (TPSA) is 424 Å². The number of methoxy groups -OCH3 is 4. The molecule has 0 spiro atoms. The number of phenolic OH excluding ortho intramolecular Hbond substituents is 1. The number of halogens is 4. The lowest BCUT2D eigenvalue weighted by atomic mass is 10.0. The summed E-state index contributed by atoms with van der Waals surface area (Å²) >= 11 is 19.3. The van der Waals surface area contributed by atoms with E-state index in [2.05, 4.69) is 141 Å². The zero-order valence-corrected chi connectivity index (χ0v) is 86.7. The SMILES string of the molecule is COc1ccc2c(O)c(C=C3N=Nc4ccc(Br)cc43)oc2c1CN1CCNCC1.COc1ccc2c(O)c(C=C3N=Nc4ccc(Cl)cc43)oc2c1CN1CCNCC1.COc1ccc2c(O)c(C=C3N=Nc4ccccc43)oc2c1C(C)N1CCNCC1.COc1ccc2c(O)c(C=C3N=Nc4ccccc43)oc2c1CN1CCNCC1.Oc1c(Cl)cc2c(O)c(C=C3N=Nc4ccc(Br)cc43)oc2c1CN1CCNCC1. The first-order chi connectivity index (χ1) is 72.7. The van der Waals surface area contributed by atoms with Gasteiger partial charge in [0.05, 0.1) is 145 Å². The van der Waals surface area contributed by atoms with Gasteiger partial charge in [-0.05, 0) is 128 Å². The molecule has 15 aromatic rings. The summed E-state index contributed by atoms with van der Waals surface area (Å²) in [4.78, 5) is 11.7. The molecule has 0 bridgehead atoms. The maximum absolute atomic E-state index is 10.9. The van der Waals surface area contributed by atoms with Gasteiger partial charge in [-0.25, -0.2) is 0 Å². The Hall–Kier alpha value is -14.3. The fourth-order valence-electron chi connectivity index (χ4n) is 19.8. The molecule has 15 heterocycles. The number of nitrogens with one attached hydrogen (secondary N) is 5. The van der Waals surface area contributed by atoms with Crippen LogP contribution >= 0.6 is 55.1 Å². The van der Waals surface area contributed by atoms with Gasteiger partial charge in [0.2, 0.25) is 0 Å². The van der Waals surface area contributed by atoms with Crippen LogP contribution in [-0.4, -0.2) is 214 Å². The van der Waals surface area contributed by atoms with Crippen LogP contribution in [0.2, 0.25) is 10.0 Å². The van der Waals surface area contributed by atoms with Crippen molar-refractivity contribution in [2.24, 2.45) is 51.1 Å². The van der Waals surface area contributed by atoms with Gasteiger partial charge in [0, 0.05) is 235 Å². The number of nitrogens with zero attached hydrogens (tertiary/aromatic N) is 15. The van der Waals surface area contributed by atoms with Crippen LogP contribution in [-0.2, 0) is 26.2 Å². The third-order valence-electron chi connectivity index (χ3n) is 27.7. The molecule has 0 aliphatic carbocycles. The van der Waals surface area contributed by atoms with Gasteiger partial charge < -0.3 is 98.3 Å². The predicted molar refractivity (Wildman–Crippen MR) is 582 cm³/mol. The second-order valence-corrected chi connectivity index (χ2v) is 39.5. The molecular weight excluding hydrogens is 2070 g/mol. The molecule has 39 heteroatoms. The molecule has 10 aromatic carbocycles. The summed E-state index contributed by atoms with van der Waals surface area (Å²) in [6.07, 6.45) is 8.57. The van der Waals surface area contributed by atoms with Crippen molar-refractivity contribution in [3.8, 4) is 57.5 Å². The Kier molecular flexibility index (Phi) is 30.2. The average Bonchev–Trinajstić information content (AvgIpc) is 1.30. The van der Waals surface area contributed by atoms with Crippen molar-refractivity contribution in [2.75, 3.05) is 159 Å². The van der Waals surface area contributed by atoms with E-state index < -0.39 is 0 Å². The maximum Gasteiger partial charge on any atom is 0.172 e. The lowest BCUT2D eigenvalue weighted by Crippen LogP contribution is -2.44. The van der Waals surface area contributed by atoms with Crippen LogP contribution in [0.4, 0.5) is 28.4 Å². The molecular formula is C110H106Br2Cl2N20O15. The van der Waals surface area contributed by atoms with Crippen LogP contribution in [0.5, 0.6) is 57.5 Å². The maximum atomic E-state index is 10.9. The standard InChI is InChI=1S/C23H24N4O3.C22H21BrN4O3.C22H21ClN4O3.C22H22N4O3.C21H18BrClN4O3/c1-14(27-11-9-24-10-12-27)21-19(29-2)8-7-16-22(28)20(30-23(16)21)13-18-15-5-3-4-6-17(15)25-26-18;2*1-29-19-5-3-14-21(28)20(11-18-15-10-13(23)2-4-17(15)25-26-18)30-22(14)16(19)12-27-8-6-24-7-9-27;1-28-19-7-6-15-21(27)20(12-18-14-4-2-3-5-17(14)24-25-18)29-22(15)16(19)13-26-10-8-23-9-11-26;22-11-1-2-16-12(7-11)17(26-25-16)9-18-20(29)13-8-15(23)19(28)14(21(13)30-18)10-27-5-3-24-4-6-27/h3-8,13-14,24,28H,9-12H2,1-2H3;2*2-5,10-11,24,28H,6-9,12H2,1H3;2-7,12,23,27H,8-11,13H2,1H3;1-2,7-9,24,28-29H,3-6,10H2. The van der Waals surface area contributed by atoms with Crippen LogP contribution in [0.25, 0.3) is 114 Å². The van der Waals surface area contributed by atoms with E-state index in [1.165, 1.54) is 6.07 Å². The highest BCUT2D eigenvalue weighted by molar-refractivity contribution is 9.10. The summed E-state index contributed by atoms with van der Waals surface area (Å²) in [5, 5.41) is 128. The number of fused-ring (bicyclic) bond motifs is 10. The van der Waals surface area contributed by atoms with Crippen molar-refractivity contribution >= 4 is 197 Å². The Morgan fingerprint density at radius 1 is 0.315 bits per heavy atom. The zero-order chi connectivity index (χ0) is 103. The Bertz CT molecular complexity index is 7820. The number of piperazine rings is 5. The third-order valence-corrected chi connectivity index (χ3v) is 29.2. The lowest BCUT2D eigenvalue weighted by Gasteiger charge is -2.33. The van der Waals surface area contributed by atoms with Gasteiger partial charge in [0.15, 0.2) is 57.5 Å². The normalized spacial score (nSPS) is 18.0. The zero-order valence-electron chi connectivity index (χ0n) is 82.0. The number of benzene rings is 10. The third kappa shape index (κ3) is 21.1. The second-order valence-electron chi connectivity index (χ2n) is 36.8. The molecule has 5 saturated heterocycles. The number of ether oxygens (including phenoxy) is 4. The van der Waals surface area contributed by atoms with Crippen molar-refractivity contribution in [1.29, 1.82) is 0 Å². The molecule has 1 atom stereocenters. The molecule has 764 valence electrons. The molecule has 1 unspecified atom stereocenters. The van der Waals surface area contributed by atoms with E-state index >= 15 is 0 Å². The minimum Gasteiger partial charge on any atom is -0.506 e. The van der Waals surface area contributed by atoms with Crippen molar-refractivity contribution in [3.63, 3.8) is 0 Å². The fourth-order valence-corrected chi connectivity index (χ4v) is 20.9. The van der Waals surface area contributed by atoms with E-state index in [0.29, 0.717) is 143 Å². The molecule has 10 aliphatic rings. The van der Waals surface area contributed by atoms with Gasteiger partial charge in [-0.2, -0.15) is 0 Å². The first-order valence-electron chi connectivity index (χ1n) is 49.1. The van der Waals surface area contributed by atoms with Gasteiger partial charge in [-0.15, -0.1) is 51.1 Å². The van der Waals surface area contributed by atoms with Crippen LogP contribution < -0.4 is 45.5 Å². The lowest BCUT2D eigenvalue weighted by molar-refractivity contribution is 0.183. The number of rotatable bonds is 19. The number of furan rings is 5. The summed E-state index contributed by atoms with van der Waals surface area (Å²) < 4.78 is 55.0. The van der Waals surface area contributed by atoms with E-state index in [0.717, 1.165) is 241 Å². The highest BCUT2D eigenvalue weighted by Gasteiger charge is 2.34. The van der Waals surface area contributed by atoms with Crippen LogP contribution in [0, 0.1) is 0 Å². The molecule has 0 radical (unpaired) electrons. The van der Waals surface area contributed by atoms with E-state index in [-0.39, 0.29) is 51.3 Å².